The van der Waals surface area contributed by atoms with Crippen LogP contribution in [0.3, 0.4) is 0 Å². The van der Waals surface area contributed by atoms with E-state index < -0.39 is 17.5 Å². The molecule has 0 aromatic heterocycles. The van der Waals surface area contributed by atoms with Gasteiger partial charge < -0.3 is 20.5 Å². The van der Waals surface area contributed by atoms with E-state index >= 15 is 0 Å². The number of rotatable bonds is 11. The molecular formula is C28H34N2O5. The number of hydrogen-bond acceptors (Lipinski definition) is 4. The van der Waals surface area contributed by atoms with Crippen molar-refractivity contribution in [1.82, 2.24) is 10.6 Å². The molecule has 3 N–H and O–H groups in total. The lowest BCUT2D eigenvalue weighted by molar-refractivity contribution is -0.148. The third-order valence-electron chi connectivity index (χ3n) is 7.56. The molecule has 1 fully saturated rings. The minimum Gasteiger partial charge on any atom is -0.481 e. The molecule has 7 nitrogen and oxygen atoms in total. The van der Waals surface area contributed by atoms with Gasteiger partial charge in [0.25, 0.3) is 0 Å². The molecule has 35 heavy (non-hydrogen) atoms. The fourth-order valence-electron chi connectivity index (χ4n) is 4.79. The third-order valence-corrected chi connectivity index (χ3v) is 7.56. The highest BCUT2D eigenvalue weighted by Gasteiger charge is 2.35. The fraction of sp³-hybridized carbons (Fsp3) is 0.464. The van der Waals surface area contributed by atoms with Gasteiger partial charge in [-0.05, 0) is 60.3 Å². The van der Waals surface area contributed by atoms with E-state index in [0.29, 0.717) is 18.9 Å². The Morgan fingerprint density at radius 1 is 1.03 bits per heavy atom. The molecule has 2 unspecified atom stereocenters. The van der Waals surface area contributed by atoms with E-state index in [-0.39, 0.29) is 37.3 Å². The largest absolute Gasteiger partial charge is 0.481 e. The minimum absolute atomic E-state index is 0.000248. The Kier molecular flexibility index (Phi) is 7.43. The number of nitrogens with one attached hydrogen (secondary N) is 2. The van der Waals surface area contributed by atoms with Crippen molar-refractivity contribution < 1.29 is 24.2 Å². The number of hydrogen-bond donors (Lipinski definition) is 3. The average molecular weight is 479 g/mol. The summed E-state index contributed by atoms with van der Waals surface area (Å²) in [4.78, 5) is 36.5. The monoisotopic (exact) mass is 478 g/mol. The molecule has 2 aromatic carbocycles. The predicted octanol–water partition coefficient (Wildman–Crippen LogP) is 4.56. The molecule has 2 aromatic rings. The Morgan fingerprint density at radius 3 is 2.17 bits per heavy atom. The van der Waals surface area contributed by atoms with Crippen molar-refractivity contribution in [2.75, 3.05) is 19.7 Å². The van der Waals surface area contributed by atoms with Crippen molar-refractivity contribution in [3.63, 3.8) is 0 Å². The number of carbonyl (C=O) groups excluding carboxylic acids is 2. The van der Waals surface area contributed by atoms with Gasteiger partial charge in [-0.1, -0.05) is 55.5 Å². The molecule has 4 rings (SSSR count). The lowest BCUT2D eigenvalue weighted by atomic mass is 9.87. The van der Waals surface area contributed by atoms with Gasteiger partial charge in [0.05, 0.1) is 5.41 Å². The molecule has 0 saturated heterocycles. The smallest absolute Gasteiger partial charge is 0.407 e. The van der Waals surface area contributed by atoms with Crippen LogP contribution >= 0.6 is 0 Å². The summed E-state index contributed by atoms with van der Waals surface area (Å²) in [6.45, 7) is 4.13. The van der Waals surface area contributed by atoms with Crippen LogP contribution in [0.25, 0.3) is 11.1 Å². The first-order valence-electron chi connectivity index (χ1n) is 12.4. The zero-order chi connectivity index (χ0) is 25.0. The topological polar surface area (TPSA) is 105 Å². The second-order valence-electron chi connectivity index (χ2n) is 10.0. The molecular weight excluding hydrogens is 444 g/mol. The van der Waals surface area contributed by atoms with Crippen molar-refractivity contribution in [2.45, 2.75) is 45.4 Å². The second kappa shape index (κ2) is 10.5. The summed E-state index contributed by atoms with van der Waals surface area (Å²) < 4.78 is 5.61. The Bertz CT molecular complexity index is 1050. The van der Waals surface area contributed by atoms with Gasteiger partial charge in [-0.3, -0.25) is 9.59 Å². The van der Waals surface area contributed by atoms with E-state index in [1.54, 1.807) is 13.8 Å². The maximum Gasteiger partial charge on any atom is 0.407 e. The molecule has 0 bridgehead atoms. The summed E-state index contributed by atoms with van der Waals surface area (Å²) in [6.07, 6.45) is 2.27. The van der Waals surface area contributed by atoms with Crippen molar-refractivity contribution in [3.05, 3.63) is 59.7 Å². The van der Waals surface area contributed by atoms with Crippen LogP contribution in [0.5, 0.6) is 0 Å². The molecule has 2 atom stereocenters. The Labute approximate surface area is 206 Å². The Balaban J connectivity index is 1.28. The molecule has 2 aliphatic rings. The standard InChI is InChI=1S/C28H34N2O5/c1-3-28(2,26(32)33)17-30-25(31)14-19(18-12-13-18)15-29-27(34)35-16-24-22-10-6-4-8-20(22)21-9-5-7-11-23(21)24/h4-11,18-19,24H,3,12-17H2,1-2H3,(H,29,34)(H,30,31)(H,32,33). The number of ether oxygens (including phenoxy) is 1. The highest BCUT2D eigenvalue weighted by Crippen LogP contribution is 2.44. The molecule has 0 radical (unpaired) electrons. The van der Waals surface area contributed by atoms with Crippen LogP contribution in [0.1, 0.15) is 56.6 Å². The molecule has 2 amide bonds. The number of fused-ring (bicyclic) bond motifs is 3. The summed E-state index contributed by atoms with van der Waals surface area (Å²) >= 11 is 0. The zero-order valence-corrected chi connectivity index (χ0v) is 20.4. The molecule has 0 heterocycles. The number of carbonyl (C=O) groups is 3. The Morgan fingerprint density at radius 2 is 1.63 bits per heavy atom. The van der Waals surface area contributed by atoms with Crippen LogP contribution in [0.2, 0.25) is 0 Å². The number of aliphatic carboxylic acids is 1. The summed E-state index contributed by atoms with van der Waals surface area (Å²) in [6, 6.07) is 16.4. The maximum absolute atomic E-state index is 12.5. The number of alkyl carbamates (subject to hydrolysis) is 1. The van der Waals surface area contributed by atoms with Gasteiger partial charge in [-0.2, -0.15) is 0 Å². The van der Waals surface area contributed by atoms with E-state index in [9.17, 15) is 19.5 Å². The first-order valence-corrected chi connectivity index (χ1v) is 12.4. The molecule has 0 aliphatic heterocycles. The molecule has 7 heteroatoms. The van der Waals surface area contributed by atoms with Crippen LogP contribution < -0.4 is 10.6 Å². The SMILES string of the molecule is CCC(C)(CNC(=O)CC(CNC(=O)OCC1c2ccccc2-c2ccccc21)C1CC1)C(=O)O. The minimum atomic E-state index is -0.982. The second-order valence-corrected chi connectivity index (χ2v) is 10.0. The summed E-state index contributed by atoms with van der Waals surface area (Å²) in [5, 5.41) is 15.0. The van der Waals surface area contributed by atoms with Crippen LogP contribution in [0.15, 0.2) is 48.5 Å². The van der Waals surface area contributed by atoms with Gasteiger partial charge in [0.2, 0.25) is 5.91 Å². The normalized spacial score (nSPS) is 17.0. The summed E-state index contributed by atoms with van der Waals surface area (Å²) in [7, 11) is 0. The number of carboxylic acids is 1. The summed E-state index contributed by atoms with van der Waals surface area (Å²) in [5.74, 6) is -0.701. The van der Waals surface area contributed by atoms with Crippen LogP contribution in [-0.4, -0.2) is 42.8 Å². The van der Waals surface area contributed by atoms with Crippen LogP contribution in [0, 0.1) is 17.3 Å². The van der Waals surface area contributed by atoms with Crippen LogP contribution in [-0.2, 0) is 14.3 Å². The van der Waals surface area contributed by atoms with Crippen molar-refractivity contribution in [3.8, 4) is 11.1 Å². The van der Waals surface area contributed by atoms with Gasteiger partial charge >= 0.3 is 12.1 Å². The van der Waals surface area contributed by atoms with Crippen molar-refractivity contribution >= 4 is 18.0 Å². The van der Waals surface area contributed by atoms with E-state index in [4.69, 9.17) is 4.74 Å². The first kappa shape index (κ1) is 24.8. The maximum atomic E-state index is 12.5. The number of amides is 2. The first-order chi connectivity index (χ1) is 16.8. The fourth-order valence-corrected chi connectivity index (χ4v) is 4.79. The van der Waals surface area contributed by atoms with Crippen molar-refractivity contribution in [1.29, 1.82) is 0 Å². The third kappa shape index (κ3) is 5.66. The van der Waals surface area contributed by atoms with Gasteiger partial charge in [0.15, 0.2) is 0 Å². The average Bonchev–Trinajstić information content (AvgIpc) is 3.66. The van der Waals surface area contributed by atoms with E-state index in [0.717, 1.165) is 24.0 Å². The van der Waals surface area contributed by atoms with Gasteiger partial charge in [-0.15, -0.1) is 0 Å². The molecule has 2 aliphatic carbocycles. The molecule has 186 valence electrons. The summed E-state index contributed by atoms with van der Waals surface area (Å²) in [5.41, 5.74) is 3.70. The lowest BCUT2D eigenvalue weighted by Gasteiger charge is -2.24. The Hall–Kier alpha value is -3.35. The molecule has 0 spiro atoms. The van der Waals surface area contributed by atoms with Gasteiger partial charge in [0.1, 0.15) is 6.61 Å². The lowest BCUT2D eigenvalue weighted by Crippen LogP contribution is -2.42. The number of benzene rings is 2. The molecule has 1 saturated carbocycles. The van der Waals surface area contributed by atoms with Crippen LogP contribution in [0.4, 0.5) is 4.79 Å². The quantitative estimate of drug-likeness (QED) is 0.439. The number of carboxylic acid groups (broad SMARTS) is 1. The van der Waals surface area contributed by atoms with Gasteiger partial charge in [-0.25, -0.2) is 4.79 Å². The highest BCUT2D eigenvalue weighted by atomic mass is 16.5. The van der Waals surface area contributed by atoms with E-state index in [1.165, 1.54) is 11.1 Å². The highest BCUT2D eigenvalue weighted by molar-refractivity contribution is 5.80. The predicted molar refractivity (Wildman–Crippen MR) is 133 cm³/mol. The van der Waals surface area contributed by atoms with E-state index in [2.05, 4.69) is 34.9 Å². The van der Waals surface area contributed by atoms with Crippen molar-refractivity contribution in [2.24, 2.45) is 17.3 Å². The van der Waals surface area contributed by atoms with Gasteiger partial charge in [0, 0.05) is 25.4 Å². The van der Waals surface area contributed by atoms with E-state index in [1.807, 2.05) is 24.3 Å². The zero-order valence-electron chi connectivity index (χ0n) is 20.4.